The fourth-order valence-corrected chi connectivity index (χ4v) is 2.25. The molecule has 0 saturated heterocycles. The number of hydrogen-bond acceptors (Lipinski definition) is 4. The lowest BCUT2D eigenvalue weighted by Crippen LogP contribution is -2.05. The van der Waals surface area contributed by atoms with Crippen LogP contribution in [0.25, 0.3) is 11.3 Å². The topological polar surface area (TPSA) is 72.3 Å². The Morgan fingerprint density at radius 1 is 1.30 bits per heavy atom. The SMILES string of the molecule is CCOc1ccc(-c2ccnc(C[C@H](C)CC)n2)cc1C(=O)O. The van der Waals surface area contributed by atoms with Gasteiger partial charge < -0.3 is 9.84 Å². The summed E-state index contributed by atoms with van der Waals surface area (Å²) in [5.74, 6) is 0.657. The lowest BCUT2D eigenvalue weighted by atomic mass is 10.0. The van der Waals surface area contributed by atoms with E-state index in [4.69, 9.17) is 4.74 Å². The minimum atomic E-state index is -1.01. The Balaban J connectivity index is 2.36. The molecule has 1 atom stereocenters. The van der Waals surface area contributed by atoms with E-state index in [0.29, 0.717) is 18.3 Å². The van der Waals surface area contributed by atoms with E-state index in [0.717, 1.165) is 29.9 Å². The zero-order chi connectivity index (χ0) is 16.8. The summed E-state index contributed by atoms with van der Waals surface area (Å²) in [4.78, 5) is 20.3. The number of carboxylic acids is 1. The van der Waals surface area contributed by atoms with E-state index in [1.165, 1.54) is 0 Å². The van der Waals surface area contributed by atoms with Crippen molar-refractivity contribution in [2.45, 2.75) is 33.6 Å². The molecular weight excluding hydrogens is 292 g/mol. The molecule has 1 N–H and O–H groups in total. The molecule has 1 aromatic heterocycles. The zero-order valence-electron chi connectivity index (χ0n) is 13.7. The minimum Gasteiger partial charge on any atom is -0.493 e. The molecule has 1 heterocycles. The molecular formula is C18H22N2O3. The molecule has 0 bridgehead atoms. The summed E-state index contributed by atoms with van der Waals surface area (Å²) in [5, 5.41) is 9.36. The van der Waals surface area contributed by atoms with E-state index in [9.17, 15) is 9.90 Å². The molecule has 1 aromatic carbocycles. The maximum atomic E-state index is 11.4. The van der Waals surface area contributed by atoms with Crippen molar-refractivity contribution >= 4 is 5.97 Å². The molecule has 0 aliphatic heterocycles. The number of hydrogen-bond donors (Lipinski definition) is 1. The van der Waals surface area contributed by atoms with Crippen LogP contribution in [0, 0.1) is 5.92 Å². The Labute approximate surface area is 136 Å². The number of nitrogens with zero attached hydrogens (tertiary/aromatic N) is 2. The van der Waals surface area contributed by atoms with Crippen LogP contribution in [0.2, 0.25) is 0 Å². The van der Waals surface area contributed by atoms with Gasteiger partial charge in [0, 0.05) is 18.2 Å². The summed E-state index contributed by atoms with van der Waals surface area (Å²) in [6.07, 6.45) is 3.60. The molecule has 0 aliphatic carbocycles. The second kappa shape index (κ2) is 7.72. The second-order valence-corrected chi connectivity index (χ2v) is 5.52. The molecule has 0 unspecified atom stereocenters. The predicted octanol–water partition coefficient (Wildman–Crippen LogP) is 3.83. The number of carbonyl (C=O) groups is 1. The maximum absolute atomic E-state index is 11.4. The summed E-state index contributed by atoms with van der Waals surface area (Å²) in [7, 11) is 0. The van der Waals surface area contributed by atoms with E-state index in [-0.39, 0.29) is 5.56 Å². The van der Waals surface area contributed by atoms with Crippen molar-refractivity contribution in [3.8, 4) is 17.0 Å². The van der Waals surface area contributed by atoms with Crippen LogP contribution in [0.4, 0.5) is 0 Å². The normalized spacial score (nSPS) is 12.0. The third kappa shape index (κ3) is 4.28. The van der Waals surface area contributed by atoms with Crippen molar-refractivity contribution in [1.29, 1.82) is 0 Å². The molecule has 23 heavy (non-hydrogen) atoms. The smallest absolute Gasteiger partial charge is 0.339 e. The number of rotatable bonds is 7. The van der Waals surface area contributed by atoms with Crippen molar-refractivity contribution in [2.24, 2.45) is 5.92 Å². The van der Waals surface area contributed by atoms with Gasteiger partial charge in [-0.2, -0.15) is 0 Å². The quantitative estimate of drug-likeness (QED) is 0.841. The van der Waals surface area contributed by atoms with Crippen molar-refractivity contribution in [3.05, 3.63) is 41.9 Å². The maximum Gasteiger partial charge on any atom is 0.339 e. The van der Waals surface area contributed by atoms with Crippen LogP contribution in [0.1, 0.15) is 43.4 Å². The summed E-state index contributed by atoms with van der Waals surface area (Å²) in [6, 6.07) is 6.90. The van der Waals surface area contributed by atoms with Crippen LogP contribution < -0.4 is 4.74 Å². The van der Waals surface area contributed by atoms with Crippen molar-refractivity contribution in [1.82, 2.24) is 9.97 Å². The van der Waals surface area contributed by atoms with Gasteiger partial charge in [-0.05, 0) is 37.1 Å². The van der Waals surface area contributed by atoms with E-state index >= 15 is 0 Å². The van der Waals surface area contributed by atoms with Crippen LogP contribution in [-0.2, 0) is 6.42 Å². The van der Waals surface area contributed by atoms with Crippen LogP contribution >= 0.6 is 0 Å². The van der Waals surface area contributed by atoms with Crippen LogP contribution in [-0.4, -0.2) is 27.7 Å². The van der Waals surface area contributed by atoms with Crippen LogP contribution in [0.15, 0.2) is 30.5 Å². The Bertz CT molecular complexity index is 686. The van der Waals surface area contributed by atoms with Gasteiger partial charge in [-0.3, -0.25) is 0 Å². The highest BCUT2D eigenvalue weighted by atomic mass is 16.5. The number of ether oxygens (including phenoxy) is 1. The van der Waals surface area contributed by atoms with Crippen LogP contribution in [0.3, 0.4) is 0 Å². The zero-order valence-corrected chi connectivity index (χ0v) is 13.7. The molecule has 2 aromatic rings. The Morgan fingerprint density at radius 3 is 2.74 bits per heavy atom. The van der Waals surface area contributed by atoms with Gasteiger partial charge in [0.2, 0.25) is 0 Å². The van der Waals surface area contributed by atoms with Crippen molar-refractivity contribution in [3.63, 3.8) is 0 Å². The molecule has 5 heteroatoms. The van der Waals surface area contributed by atoms with Crippen molar-refractivity contribution < 1.29 is 14.6 Å². The fraction of sp³-hybridized carbons (Fsp3) is 0.389. The van der Waals surface area contributed by atoms with E-state index in [2.05, 4.69) is 23.8 Å². The van der Waals surface area contributed by atoms with Gasteiger partial charge >= 0.3 is 5.97 Å². The largest absolute Gasteiger partial charge is 0.493 e. The Morgan fingerprint density at radius 2 is 2.09 bits per heavy atom. The third-order valence-electron chi connectivity index (χ3n) is 3.74. The van der Waals surface area contributed by atoms with Gasteiger partial charge in [-0.1, -0.05) is 20.3 Å². The van der Waals surface area contributed by atoms with Crippen molar-refractivity contribution in [2.75, 3.05) is 6.61 Å². The molecule has 122 valence electrons. The lowest BCUT2D eigenvalue weighted by Gasteiger charge is -2.11. The predicted molar refractivity (Wildman–Crippen MR) is 88.8 cm³/mol. The molecule has 2 rings (SSSR count). The van der Waals surface area contributed by atoms with Crippen LogP contribution in [0.5, 0.6) is 5.75 Å². The highest BCUT2D eigenvalue weighted by Crippen LogP contribution is 2.26. The molecule has 0 fully saturated rings. The van der Waals surface area contributed by atoms with Gasteiger partial charge in [0.15, 0.2) is 0 Å². The highest BCUT2D eigenvalue weighted by Gasteiger charge is 2.14. The molecule has 0 aliphatic rings. The number of benzene rings is 1. The first-order chi connectivity index (χ1) is 11.0. The Kier molecular flexibility index (Phi) is 5.68. The average Bonchev–Trinajstić information content (AvgIpc) is 2.55. The monoisotopic (exact) mass is 314 g/mol. The fourth-order valence-electron chi connectivity index (χ4n) is 2.25. The molecule has 0 amide bonds. The summed E-state index contributed by atoms with van der Waals surface area (Å²) in [5.41, 5.74) is 1.62. The first-order valence-corrected chi connectivity index (χ1v) is 7.87. The molecule has 0 radical (unpaired) electrons. The molecule has 0 spiro atoms. The van der Waals surface area contributed by atoms with E-state index in [1.807, 2.05) is 13.0 Å². The number of aromatic carboxylic acids is 1. The minimum absolute atomic E-state index is 0.145. The second-order valence-electron chi connectivity index (χ2n) is 5.52. The highest BCUT2D eigenvalue weighted by molar-refractivity contribution is 5.92. The first kappa shape index (κ1) is 16.9. The number of carboxylic acid groups (broad SMARTS) is 1. The summed E-state index contributed by atoms with van der Waals surface area (Å²) >= 11 is 0. The van der Waals surface area contributed by atoms with E-state index < -0.39 is 5.97 Å². The third-order valence-corrected chi connectivity index (χ3v) is 3.74. The number of aromatic nitrogens is 2. The van der Waals surface area contributed by atoms with Gasteiger partial charge in [-0.15, -0.1) is 0 Å². The molecule has 5 nitrogen and oxygen atoms in total. The van der Waals surface area contributed by atoms with E-state index in [1.54, 1.807) is 24.4 Å². The molecule has 0 saturated carbocycles. The van der Waals surface area contributed by atoms with Gasteiger partial charge in [-0.25, -0.2) is 14.8 Å². The standard InChI is InChI=1S/C18H22N2O3/c1-4-12(3)10-17-19-9-8-15(20-17)13-6-7-16(23-5-2)14(11-13)18(21)22/h6-9,11-12H,4-5,10H2,1-3H3,(H,21,22)/t12-/m1/s1. The van der Waals surface area contributed by atoms with Gasteiger partial charge in [0.05, 0.1) is 12.3 Å². The summed E-state index contributed by atoms with van der Waals surface area (Å²) < 4.78 is 5.37. The average molecular weight is 314 g/mol. The van der Waals surface area contributed by atoms with Gasteiger partial charge in [0.1, 0.15) is 17.1 Å². The summed E-state index contributed by atoms with van der Waals surface area (Å²) in [6.45, 7) is 6.55. The first-order valence-electron chi connectivity index (χ1n) is 7.87. The van der Waals surface area contributed by atoms with Gasteiger partial charge in [0.25, 0.3) is 0 Å². The lowest BCUT2D eigenvalue weighted by molar-refractivity contribution is 0.0692. The Hall–Kier alpha value is -2.43.